The Balaban J connectivity index is 2.15. The van der Waals surface area contributed by atoms with Gasteiger partial charge in [-0.1, -0.05) is 12.1 Å². The molecule has 1 aromatic heterocycles. The second kappa shape index (κ2) is 7.59. The molecule has 1 heterocycles. The van der Waals surface area contributed by atoms with Crippen LogP contribution in [0.25, 0.3) is 11.0 Å². The van der Waals surface area contributed by atoms with Gasteiger partial charge in [0.25, 0.3) is 0 Å². The monoisotopic (exact) mass is 340 g/mol. The van der Waals surface area contributed by atoms with E-state index in [0.29, 0.717) is 24.2 Å². The number of rotatable bonds is 8. The standard InChI is InChI=1S/C14H21N4O4P/c1-3-21-23(20,22-4-2)10-9-16-13-14(19)18(15)12-8-6-5-7-11(12)17-13/h5-8H,3-4,9-10,15H2,1-2H3,(H,16,17). The van der Waals surface area contributed by atoms with E-state index < -0.39 is 13.2 Å². The first-order valence-corrected chi connectivity index (χ1v) is 9.12. The summed E-state index contributed by atoms with van der Waals surface area (Å²) in [7, 11) is -3.16. The van der Waals surface area contributed by atoms with Gasteiger partial charge in [-0.3, -0.25) is 9.36 Å². The molecule has 0 saturated heterocycles. The predicted molar refractivity (Wildman–Crippen MR) is 90.4 cm³/mol. The molecule has 0 aliphatic carbocycles. The van der Waals surface area contributed by atoms with E-state index in [9.17, 15) is 9.36 Å². The largest absolute Gasteiger partial charge is 0.365 e. The van der Waals surface area contributed by atoms with Gasteiger partial charge in [-0.2, -0.15) is 0 Å². The van der Waals surface area contributed by atoms with E-state index in [-0.39, 0.29) is 18.5 Å². The number of aromatic nitrogens is 2. The normalized spacial score (nSPS) is 11.7. The summed E-state index contributed by atoms with van der Waals surface area (Å²) in [6.07, 6.45) is 0.132. The Bertz CT molecular complexity index is 767. The summed E-state index contributed by atoms with van der Waals surface area (Å²) in [5.41, 5.74) is 0.679. The molecule has 126 valence electrons. The molecule has 23 heavy (non-hydrogen) atoms. The van der Waals surface area contributed by atoms with E-state index in [1.54, 1.807) is 32.0 Å². The second-order valence-corrected chi connectivity index (χ2v) is 6.91. The van der Waals surface area contributed by atoms with Gasteiger partial charge >= 0.3 is 13.2 Å². The van der Waals surface area contributed by atoms with Crippen LogP contribution in [0.4, 0.5) is 5.82 Å². The van der Waals surface area contributed by atoms with Crippen LogP contribution in [0, 0.1) is 0 Å². The lowest BCUT2D eigenvalue weighted by atomic mass is 10.3. The van der Waals surface area contributed by atoms with Crippen molar-refractivity contribution in [2.75, 3.05) is 37.1 Å². The third-order valence-electron chi connectivity index (χ3n) is 3.12. The van der Waals surface area contributed by atoms with Gasteiger partial charge in [0.1, 0.15) is 0 Å². The first-order chi connectivity index (χ1) is 11.0. The number of nitrogens with two attached hydrogens (primary N) is 1. The van der Waals surface area contributed by atoms with E-state index in [2.05, 4.69) is 10.3 Å². The molecule has 0 bridgehead atoms. The van der Waals surface area contributed by atoms with Gasteiger partial charge < -0.3 is 20.2 Å². The van der Waals surface area contributed by atoms with E-state index >= 15 is 0 Å². The predicted octanol–water partition coefficient (Wildman–Crippen LogP) is 1.79. The average Bonchev–Trinajstić information content (AvgIpc) is 2.52. The summed E-state index contributed by atoms with van der Waals surface area (Å²) < 4.78 is 23.8. The van der Waals surface area contributed by atoms with Gasteiger partial charge in [-0.15, -0.1) is 0 Å². The van der Waals surface area contributed by atoms with Crippen LogP contribution in [0.5, 0.6) is 0 Å². The lowest BCUT2D eigenvalue weighted by molar-refractivity contribution is 0.221. The summed E-state index contributed by atoms with van der Waals surface area (Å²) in [6.45, 7) is 4.30. The van der Waals surface area contributed by atoms with Crippen LogP contribution in [0.15, 0.2) is 29.1 Å². The van der Waals surface area contributed by atoms with Crippen LogP contribution in [-0.2, 0) is 13.6 Å². The van der Waals surface area contributed by atoms with Crippen molar-refractivity contribution in [1.29, 1.82) is 0 Å². The number of fused-ring (bicyclic) bond motifs is 1. The Morgan fingerprint density at radius 3 is 2.57 bits per heavy atom. The van der Waals surface area contributed by atoms with Gasteiger partial charge in [0, 0.05) is 6.54 Å². The number of hydrogen-bond donors (Lipinski definition) is 2. The molecule has 0 radical (unpaired) electrons. The lowest BCUT2D eigenvalue weighted by Gasteiger charge is -2.17. The highest BCUT2D eigenvalue weighted by molar-refractivity contribution is 7.53. The summed E-state index contributed by atoms with van der Waals surface area (Å²) in [5, 5.41) is 2.86. The van der Waals surface area contributed by atoms with Crippen molar-refractivity contribution >= 4 is 24.4 Å². The molecule has 1 aromatic carbocycles. The number of nitrogen functional groups attached to an aromatic ring is 1. The molecule has 0 atom stereocenters. The van der Waals surface area contributed by atoms with E-state index in [4.69, 9.17) is 14.9 Å². The number of nitrogens with zero attached hydrogens (tertiary/aromatic N) is 2. The minimum atomic E-state index is -3.16. The molecular formula is C14H21N4O4P. The van der Waals surface area contributed by atoms with Crippen molar-refractivity contribution in [1.82, 2.24) is 9.66 Å². The molecule has 8 nitrogen and oxygen atoms in total. The zero-order chi connectivity index (χ0) is 16.9. The molecule has 0 spiro atoms. The van der Waals surface area contributed by atoms with Crippen molar-refractivity contribution < 1.29 is 13.6 Å². The Kier molecular flexibility index (Phi) is 5.76. The van der Waals surface area contributed by atoms with Gasteiger partial charge in [0.05, 0.1) is 30.4 Å². The average molecular weight is 340 g/mol. The smallest absolute Gasteiger partial charge is 0.332 e. The zero-order valence-electron chi connectivity index (χ0n) is 13.2. The minimum Gasteiger partial charge on any atom is -0.365 e. The third kappa shape index (κ3) is 4.10. The molecule has 9 heteroatoms. The molecular weight excluding hydrogens is 319 g/mol. The molecule has 0 aliphatic rings. The van der Waals surface area contributed by atoms with Crippen LogP contribution < -0.4 is 16.7 Å². The van der Waals surface area contributed by atoms with Crippen LogP contribution >= 0.6 is 7.60 Å². The summed E-state index contributed by atoms with van der Waals surface area (Å²) in [5.74, 6) is 5.89. The maximum atomic E-state index is 12.4. The molecule has 0 fully saturated rings. The van der Waals surface area contributed by atoms with Gasteiger partial charge in [-0.05, 0) is 26.0 Å². The molecule has 0 aliphatic heterocycles. The minimum absolute atomic E-state index is 0.103. The maximum absolute atomic E-state index is 12.4. The second-order valence-electron chi connectivity index (χ2n) is 4.72. The fraction of sp³-hybridized carbons (Fsp3) is 0.429. The Morgan fingerprint density at radius 1 is 1.26 bits per heavy atom. The summed E-state index contributed by atoms with van der Waals surface area (Å²) in [4.78, 5) is 16.4. The first-order valence-electron chi connectivity index (χ1n) is 7.39. The molecule has 0 amide bonds. The Hall–Kier alpha value is -1.89. The van der Waals surface area contributed by atoms with E-state index in [1.165, 1.54) is 0 Å². The molecule has 3 N–H and O–H groups in total. The highest BCUT2D eigenvalue weighted by Gasteiger charge is 2.23. The fourth-order valence-corrected chi connectivity index (χ4v) is 3.65. The van der Waals surface area contributed by atoms with Crippen LogP contribution in [-0.4, -0.2) is 35.6 Å². The number of anilines is 1. The Morgan fingerprint density at radius 2 is 1.91 bits per heavy atom. The van der Waals surface area contributed by atoms with Gasteiger partial charge in [0.15, 0.2) is 5.82 Å². The molecule has 0 saturated carbocycles. The van der Waals surface area contributed by atoms with Crippen molar-refractivity contribution in [3.8, 4) is 0 Å². The molecule has 2 rings (SSSR count). The Labute approximate surface area is 134 Å². The van der Waals surface area contributed by atoms with Gasteiger partial charge in [0.2, 0.25) is 0 Å². The maximum Gasteiger partial charge on any atom is 0.332 e. The van der Waals surface area contributed by atoms with Crippen molar-refractivity contribution in [3.05, 3.63) is 34.6 Å². The fourth-order valence-electron chi connectivity index (χ4n) is 2.14. The summed E-state index contributed by atoms with van der Waals surface area (Å²) in [6, 6.07) is 7.06. The van der Waals surface area contributed by atoms with Crippen LogP contribution in [0.2, 0.25) is 0 Å². The van der Waals surface area contributed by atoms with Crippen LogP contribution in [0.1, 0.15) is 13.8 Å². The SMILES string of the molecule is CCOP(=O)(CCNc1nc2ccccc2n(N)c1=O)OCC. The van der Waals surface area contributed by atoms with Crippen molar-refractivity contribution in [2.45, 2.75) is 13.8 Å². The van der Waals surface area contributed by atoms with Crippen molar-refractivity contribution in [3.63, 3.8) is 0 Å². The highest BCUT2D eigenvalue weighted by Crippen LogP contribution is 2.47. The molecule has 0 unspecified atom stereocenters. The van der Waals surface area contributed by atoms with E-state index in [1.807, 2.05) is 6.07 Å². The van der Waals surface area contributed by atoms with Crippen molar-refractivity contribution in [2.24, 2.45) is 0 Å². The number of benzene rings is 1. The number of para-hydroxylation sites is 2. The number of hydrogen-bond acceptors (Lipinski definition) is 7. The summed E-state index contributed by atoms with van der Waals surface area (Å²) >= 11 is 0. The first kappa shape index (κ1) is 17.5. The lowest BCUT2D eigenvalue weighted by Crippen LogP contribution is -2.31. The van der Waals surface area contributed by atoms with Gasteiger partial charge in [-0.25, -0.2) is 9.66 Å². The zero-order valence-corrected chi connectivity index (χ0v) is 14.1. The van der Waals surface area contributed by atoms with E-state index in [0.717, 1.165) is 4.68 Å². The van der Waals surface area contributed by atoms with Crippen LogP contribution in [0.3, 0.4) is 0 Å². The quantitative estimate of drug-likeness (QED) is 0.557. The third-order valence-corrected chi connectivity index (χ3v) is 5.20. The highest BCUT2D eigenvalue weighted by atomic mass is 31.2. The topological polar surface area (TPSA) is 108 Å². The molecule has 2 aromatic rings. The number of nitrogens with one attached hydrogen (secondary N) is 1.